The molecule has 0 amide bonds. The van der Waals surface area contributed by atoms with Gasteiger partial charge in [0, 0.05) is 0 Å². The molecule has 0 bridgehead atoms. The largest absolute Gasteiger partial charge is 0.491 e. The molecule has 3 heteroatoms. The average molecular weight is 264 g/mol. The molecule has 0 aliphatic heterocycles. The maximum atomic E-state index is 5.74. The summed E-state index contributed by atoms with van der Waals surface area (Å²) >= 11 is 0. The van der Waals surface area contributed by atoms with Gasteiger partial charge in [-0.05, 0) is 69.3 Å². The molecule has 0 aliphatic carbocycles. The Balaban J connectivity index is 2.70. The van der Waals surface area contributed by atoms with Crippen LogP contribution in [0.1, 0.15) is 45.1 Å². The van der Waals surface area contributed by atoms with Crippen LogP contribution in [0.5, 0.6) is 5.75 Å². The normalized spacial score (nSPS) is 13.0. The van der Waals surface area contributed by atoms with Gasteiger partial charge in [0.2, 0.25) is 0 Å². The van der Waals surface area contributed by atoms with Crippen molar-refractivity contribution in [3.05, 3.63) is 29.8 Å². The van der Waals surface area contributed by atoms with Crippen LogP contribution in [0.15, 0.2) is 24.3 Å². The summed E-state index contributed by atoms with van der Waals surface area (Å²) in [4.78, 5) is 0. The first kappa shape index (κ1) is 16.0. The zero-order valence-electron chi connectivity index (χ0n) is 12.4. The maximum Gasteiger partial charge on any atom is 0.119 e. The molecule has 1 unspecified atom stereocenters. The van der Waals surface area contributed by atoms with Crippen LogP contribution in [0.3, 0.4) is 0 Å². The van der Waals surface area contributed by atoms with Crippen molar-refractivity contribution in [2.45, 2.75) is 45.6 Å². The van der Waals surface area contributed by atoms with Gasteiger partial charge in [-0.15, -0.1) is 0 Å². The van der Waals surface area contributed by atoms with Gasteiger partial charge in [-0.3, -0.25) is 0 Å². The van der Waals surface area contributed by atoms with E-state index in [0.717, 1.165) is 18.6 Å². The fraction of sp³-hybridized carbons (Fsp3) is 0.625. The lowest BCUT2D eigenvalue weighted by Gasteiger charge is -2.21. The first-order valence-electron chi connectivity index (χ1n) is 7.27. The third-order valence-electron chi connectivity index (χ3n) is 3.50. The number of hydrogen-bond donors (Lipinski definition) is 2. The van der Waals surface area contributed by atoms with Gasteiger partial charge in [0.15, 0.2) is 0 Å². The van der Waals surface area contributed by atoms with Gasteiger partial charge in [-0.2, -0.15) is 0 Å². The Morgan fingerprint density at radius 3 is 2.05 bits per heavy atom. The van der Waals surface area contributed by atoms with Crippen LogP contribution in [0.4, 0.5) is 0 Å². The van der Waals surface area contributed by atoms with Crippen LogP contribution in [-0.2, 0) is 0 Å². The van der Waals surface area contributed by atoms with Crippen molar-refractivity contribution < 1.29 is 4.74 Å². The fourth-order valence-corrected chi connectivity index (χ4v) is 2.32. The highest BCUT2D eigenvalue weighted by Gasteiger charge is 2.15. The Bertz CT molecular complexity index is 344. The lowest BCUT2D eigenvalue weighted by Crippen LogP contribution is -2.25. The minimum atomic E-state index is 0.215. The van der Waals surface area contributed by atoms with Crippen molar-refractivity contribution in [1.82, 2.24) is 0 Å². The standard InChI is InChI=1S/C16H28N2O/c1-4-14(9-13(10-17)11-18)15-5-7-16(8-6-15)19-12(2)3/h5-8,12-14H,4,9-11,17-18H2,1-3H3. The summed E-state index contributed by atoms with van der Waals surface area (Å²) in [6, 6.07) is 8.43. The molecular weight excluding hydrogens is 236 g/mol. The van der Waals surface area contributed by atoms with Crippen molar-refractivity contribution in [3.8, 4) is 5.75 Å². The lowest BCUT2D eigenvalue weighted by atomic mass is 9.87. The van der Waals surface area contributed by atoms with Gasteiger partial charge in [-0.25, -0.2) is 0 Å². The molecular formula is C16H28N2O. The number of hydrogen-bond acceptors (Lipinski definition) is 3. The second kappa shape index (κ2) is 8.18. The summed E-state index contributed by atoms with van der Waals surface area (Å²) in [5.74, 6) is 1.88. The van der Waals surface area contributed by atoms with Crippen LogP contribution in [-0.4, -0.2) is 19.2 Å². The van der Waals surface area contributed by atoms with Crippen molar-refractivity contribution in [2.24, 2.45) is 17.4 Å². The predicted octanol–water partition coefficient (Wildman–Crippen LogP) is 2.89. The lowest BCUT2D eigenvalue weighted by molar-refractivity contribution is 0.242. The highest BCUT2D eigenvalue weighted by Crippen LogP contribution is 2.28. The molecule has 0 radical (unpaired) electrons. The predicted molar refractivity (Wildman–Crippen MR) is 81.5 cm³/mol. The number of rotatable bonds is 8. The SMILES string of the molecule is CCC(CC(CN)CN)c1ccc(OC(C)C)cc1. The van der Waals surface area contributed by atoms with Crippen molar-refractivity contribution in [1.29, 1.82) is 0 Å². The van der Waals surface area contributed by atoms with E-state index in [-0.39, 0.29) is 6.10 Å². The van der Waals surface area contributed by atoms with E-state index in [1.807, 2.05) is 13.8 Å². The van der Waals surface area contributed by atoms with Crippen molar-refractivity contribution in [2.75, 3.05) is 13.1 Å². The molecule has 0 aliphatic rings. The molecule has 1 aromatic carbocycles. The van der Waals surface area contributed by atoms with Gasteiger partial charge < -0.3 is 16.2 Å². The number of benzene rings is 1. The molecule has 0 fully saturated rings. The third kappa shape index (κ3) is 5.21. The van der Waals surface area contributed by atoms with E-state index < -0.39 is 0 Å². The molecule has 0 spiro atoms. The summed E-state index contributed by atoms with van der Waals surface area (Å²) in [5.41, 5.74) is 12.8. The number of ether oxygens (including phenoxy) is 1. The number of nitrogens with two attached hydrogens (primary N) is 2. The molecule has 1 rings (SSSR count). The van der Waals surface area contributed by atoms with E-state index in [4.69, 9.17) is 16.2 Å². The molecule has 1 aromatic rings. The second-order valence-corrected chi connectivity index (χ2v) is 5.41. The van der Waals surface area contributed by atoms with Crippen LogP contribution >= 0.6 is 0 Å². The summed E-state index contributed by atoms with van der Waals surface area (Å²) in [6.07, 6.45) is 2.39. The summed E-state index contributed by atoms with van der Waals surface area (Å²) in [5, 5.41) is 0. The summed E-state index contributed by atoms with van der Waals surface area (Å²) < 4.78 is 5.67. The highest BCUT2D eigenvalue weighted by atomic mass is 16.5. The molecule has 0 heterocycles. The van der Waals surface area contributed by atoms with E-state index in [2.05, 4.69) is 31.2 Å². The Labute approximate surface area is 117 Å². The van der Waals surface area contributed by atoms with Crippen LogP contribution < -0.4 is 16.2 Å². The van der Waals surface area contributed by atoms with Crippen LogP contribution in [0, 0.1) is 5.92 Å². The van der Waals surface area contributed by atoms with Gasteiger partial charge in [0.1, 0.15) is 5.75 Å². The molecule has 0 aromatic heterocycles. The van der Waals surface area contributed by atoms with E-state index in [1.54, 1.807) is 0 Å². The first-order chi connectivity index (χ1) is 9.10. The van der Waals surface area contributed by atoms with Gasteiger partial charge in [0.25, 0.3) is 0 Å². The van der Waals surface area contributed by atoms with E-state index in [0.29, 0.717) is 24.9 Å². The van der Waals surface area contributed by atoms with E-state index in [1.165, 1.54) is 5.56 Å². The van der Waals surface area contributed by atoms with E-state index in [9.17, 15) is 0 Å². The minimum absolute atomic E-state index is 0.215. The minimum Gasteiger partial charge on any atom is -0.491 e. The first-order valence-corrected chi connectivity index (χ1v) is 7.27. The average Bonchev–Trinajstić information content (AvgIpc) is 2.41. The molecule has 1 atom stereocenters. The Hall–Kier alpha value is -1.06. The van der Waals surface area contributed by atoms with Gasteiger partial charge >= 0.3 is 0 Å². The fourth-order valence-electron chi connectivity index (χ4n) is 2.32. The Morgan fingerprint density at radius 2 is 1.63 bits per heavy atom. The van der Waals surface area contributed by atoms with E-state index >= 15 is 0 Å². The third-order valence-corrected chi connectivity index (χ3v) is 3.50. The van der Waals surface area contributed by atoms with Crippen molar-refractivity contribution >= 4 is 0 Å². The zero-order chi connectivity index (χ0) is 14.3. The van der Waals surface area contributed by atoms with Gasteiger partial charge in [-0.1, -0.05) is 19.1 Å². The van der Waals surface area contributed by atoms with Gasteiger partial charge in [0.05, 0.1) is 6.10 Å². The Kier molecular flexibility index (Phi) is 6.89. The van der Waals surface area contributed by atoms with Crippen LogP contribution in [0.25, 0.3) is 0 Å². The Morgan fingerprint density at radius 1 is 1.05 bits per heavy atom. The van der Waals surface area contributed by atoms with Crippen LogP contribution in [0.2, 0.25) is 0 Å². The topological polar surface area (TPSA) is 61.3 Å². The highest BCUT2D eigenvalue weighted by molar-refractivity contribution is 5.29. The molecule has 108 valence electrons. The quantitative estimate of drug-likeness (QED) is 0.759. The monoisotopic (exact) mass is 264 g/mol. The zero-order valence-corrected chi connectivity index (χ0v) is 12.4. The molecule has 19 heavy (non-hydrogen) atoms. The smallest absolute Gasteiger partial charge is 0.119 e. The van der Waals surface area contributed by atoms with Crippen molar-refractivity contribution in [3.63, 3.8) is 0 Å². The molecule has 3 nitrogen and oxygen atoms in total. The summed E-state index contributed by atoms with van der Waals surface area (Å²) in [7, 11) is 0. The maximum absolute atomic E-state index is 5.74. The second-order valence-electron chi connectivity index (χ2n) is 5.41. The summed E-state index contributed by atoms with van der Waals surface area (Å²) in [6.45, 7) is 7.63. The molecule has 0 saturated carbocycles. The molecule has 0 saturated heterocycles. The molecule has 4 N–H and O–H groups in total.